The lowest BCUT2D eigenvalue weighted by Gasteiger charge is -2.19. The van der Waals surface area contributed by atoms with Crippen LogP contribution in [0.3, 0.4) is 0 Å². The first-order valence-corrected chi connectivity index (χ1v) is 7.77. The van der Waals surface area contributed by atoms with Gasteiger partial charge < -0.3 is 10.4 Å². The molecule has 0 spiro atoms. The molecule has 0 saturated carbocycles. The molecule has 23 heavy (non-hydrogen) atoms. The highest BCUT2D eigenvalue weighted by Gasteiger charge is 2.20. The van der Waals surface area contributed by atoms with Gasteiger partial charge >= 0.3 is 5.97 Å². The molecule has 1 aromatic carbocycles. The fourth-order valence-corrected chi connectivity index (χ4v) is 2.17. The predicted molar refractivity (Wildman–Crippen MR) is 88.1 cm³/mol. The Balaban J connectivity index is 2.68. The second-order valence-electron chi connectivity index (χ2n) is 6.60. The Hall–Kier alpha value is -2.35. The van der Waals surface area contributed by atoms with E-state index in [1.54, 1.807) is 12.1 Å². The second-order valence-corrected chi connectivity index (χ2v) is 6.60. The minimum absolute atomic E-state index is 0.000647. The third-order valence-corrected chi connectivity index (χ3v) is 3.65. The van der Waals surface area contributed by atoms with Crippen molar-refractivity contribution in [2.24, 2.45) is 0 Å². The summed E-state index contributed by atoms with van der Waals surface area (Å²) in [5, 5.41) is 20.2. The van der Waals surface area contributed by atoms with E-state index in [1.165, 1.54) is 0 Å². The lowest BCUT2D eigenvalue weighted by atomic mass is 9.86. The van der Waals surface area contributed by atoms with E-state index in [9.17, 15) is 14.7 Å². The first-order valence-electron chi connectivity index (χ1n) is 7.77. The molecule has 0 aliphatic rings. The molecule has 0 fully saturated rings. The summed E-state index contributed by atoms with van der Waals surface area (Å²) in [5.41, 5.74) is 1.56. The zero-order valence-electron chi connectivity index (χ0n) is 13.9. The Bertz CT molecular complexity index is 580. The average molecular weight is 316 g/mol. The molecule has 0 aliphatic carbocycles. The van der Waals surface area contributed by atoms with Crippen molar-refractivity contribution in [2.45, 2.75) is 57.9 Å². The number of unbranched alkanes of at least 4 members (excludes halogenated alkanes) is 2. The van der Waals surface area contributed by atoms with Crippen molar-refractivity contribution in [3.63, 3.8) is 0 Å². The van der Waals surface area contributed by atoms with E-state index < -0.39 is 17.9 Å². The molecule has 5 heteroatoms. The van der Waals surface area contributed by atoms with Crippen LogP contribution in [0, 0.1) is 11.3 Å². The van der Waals surface area contributed by atoms with E-state index in [4.69, 9.17) is 5.26 Å². The number of aliphatic carboxylic acids is 1. The molecule has 0 radical (unpaired) electrons. The number of amides is 1. The predicted octanol–water partition coefficient (Wildman–Crippen LogP) is 3.25. The smallest absolute Gasteiger partial charge is 0.326 e. The summed E-state index contributed by atoms with van der Waals surface area (Å²) in [6.07, 6.45) is 1.95. The van der Waals surface area contributed by atoms with Crippen LogP contribution in [0.1, 0.15) is 62.4 Å². The number of nitriles is 1. The van der Waals surface area contributed by atoms with Gasteiger partial charge in [0.2, 0.25) is 0 Å². The van der Waals surface area contributed by atoms with Crippen molar-refractivity contribution in [1.29, 1.82) is 5.26 Å². The molecule has 0 heterocycles. The number of hydrogen-bond acceptors (Lipinski definition) is 3. The van der Waals surface area contributed by atoms with Crippen LogP contribution in [0.5, 0.6) is 0 Å². The first-order chi connectivity index (χ1) is 10.8. The average Bonchev–Trinajstić information content (AvgIpc) is 2.49. The Morgan fingerprint density at radius 3 is 2.30 bits per heavy atom. The third kappa shape index (κ3) is 6.11. The Labute approximate surface area is 137 Å². The van der Waals surface area contributed by atoms with E-state index in [0.29, 0.717) is 31.2 Å². The van der Waals surface area contributed by atoms with Crippen molar-refractivity contribution >= 4 is 11.9 Å². The topological polar surface area (TPSA) is 90.2 Å². The monoisotopic (exact) mass is 316 g/mol. The second kappa shape index (κ2) is 8.33. The van der Waals surface area contributed by atoms with Crippen molar-refractivity contribution < 1.29 is 14.7 Å². The van der Waals surface area contributed by atoms with Gasteiger partial charge in [-0.05, 0) is 42.4 Å². The van der Waals surface area contributed by atoms with Gasteiger partial charge in [-0.15, -0.1) is 0 Å². The molecule has 0 bridgehead atoms. The van der Waals surface area contributed by atoms with Crippen LogP contribution < -0.4 is 5.32 Å². The zero-order valence-corrected chi connectivity index (χ0v) is 13.9. The zero-order chi connectivity index (χ0) is 17.5. The summed E-state index contributed by atoms with van der Waals surface area (Å²) in [7, 11) is 0. The van der Waals surface area contributed by atoms with Gasteiger partial charge in [-0.1, -0.05) is 32.9 Å². The maximum atomic E-state index is 12.2. The van der Waals surface area contributed by atoms with E-state index in [-0.39, 0.29) is 5.41 Å². The molecule has 0 aromatic heterocycles. The van der Waals surface area contributed by atoms with Crippen molar-refractivity contribution in [1.82, 2.24) is 5.32 Å². The number of rotatable bonds is 7. The van der Waals surface area contributed by atoms with Crippen LogP contribution >= 0.6 is 0 Å². The van der Waals surface area contributed by atoms with Gasteiger partial charge in [0, 0.05) is 12.0 Å². The van der Waals surface area contributed by atoms with E-state index in [0.717, 1.165) is 5.56 Å². The molecule has 1 amide bonds. The number of nitrogens with one attached hydrogen (secondary N) is 1. The molecule has 0 unspecified atom stereocenters. The van der Waals surface area contributed by atoms with Crippen LogP contribution in [0.4, 0.5) is 0 Å². The van der Waals surface area contributed by atoms with Gasteiger partial charge in [-0.2, -0.15) is 5.26 Å². The fraction of sp³-hybridized carbons (Fsp3) is 0.500. The van der Waals surface area contributed by atoms with Gasteiger partial charge in [-0.3, -0.25) is 4.79 Å². The molecule has 0 aliphatic heterocycles. The number of carbonyl (C=O) groups is 2. The molecule has 0 saturated heterocycles. The molecular formula is C18H24N2O3. The lowest BCUT2D eigenvalue weighted by Crippen LogP contribution is -2.40. The molecule has 2 N–H and O–H groups in total. The van der Waals surface area contributed by atoms with Crippen molar-refractivity contribution in [2.75, 3.05) is 0 Å². The SMILES string of the molecule is CC(C)(C)c1ccc(C(=O)N[C@H](CCCCC#N)C(=O)O)cc1. The van der Waals surface area contributed by atoms with Crippen LogP contribution in [0.15, 0.2) is 24.3 Å². The Kier molecular flexibility index (Phi) is 6.77. The summed E-state index contributed by atoms with van der Waals surface area (Å²) in [6.45, 7) is 6.26. The van der Waals surface area contributed by atoms with Crippen LogP contribution in [-0.4, -0.2) is 23.0 Å². The van der Waals surface area contributed by atoms with E-state index in [1.807, 2.05) is 18.2 Å². The van der Waals surface area contributed by atoms with Gasteiger partial charge in [0.25, 0.3) is 5.91 Å². The highest BCUT2D eigenvalue weighted by molar-refractivity contribution is 5.96. The fourth-order valence-electron chi connectivity index (χ4n) is 2.17. The highest BCUT2D eigenvalue weighted by Crippen LogP contribution is 2.22. The van der Waals surface area contributed by atoms with Crippen LogP contribution in [0.2, 0.25) is 0 Å². The summed E-state index contributed by atoms with van der Waals surface area (Å²) >= 11 is 0. The quantitative estimate of drug-likeness (QED) is 0.755. The van der Waals surface area contributed by atoms with Gasteiger partial charge in [0.05, 0.1) is 6.07 Å². The number of benzene rings is 1. The summed E-state index contributed by atoms with van der Waals surface area (Å²) < 4.78 is 0. The number of carbonyl (C=O) groups excluding carboxylic acids is 1. The molecular weight excluding hydrogens is 292 g/mol. The normalized spacial score (nSPS) is 12.3. The van der Waals surface area contributed by atoms with Gasteiger partial charge in [0.1, 0.15) is 6.04 Å². The molecule has 5 nitrogen and oxygen atoms in total. The molecule has 1 rings (SSSR count). The van der Waals surface area contributed by atoms with Crippen LogP contribution in [0.25, 0.3) is 0 Å². The molecule has 1 aromatic rings. The summed E-state index contributed by atoms with van der Waals surface area (Å²) in [6, 6.07) is 8.29. The largest absolute Gasteiger partial charge is 0.480 e. The molecule has 1 atom stereocenters. The van der Waals surface area contributed by atoms with Gasteiger partial charge in [-0.25, -0.2) is 4.79 Å². The maximum absolute atomic E-state index is 12.2. The number of nitrogens with zero attached hydrogens (tertiary/aromatic N) is 1. The van der Waals surface area contributed by atoms with Gasteiger partial charge in [0.15, 0.2) is 0 Å². The Morgan fingerprint density at radius 1 is 1.22 bits per heavy atom. The van der Waals surface area contributed by atoms with Crippen LogP contribution in [-0.2, 0) is 10.2 Å². The highest BCUT2D eigenvalue weighted by atomic mass is 16.4. The van der Waals surface area contributed by atoms with E-state index >= 15 is 0 Å². The summed E-state index contributed by atoms with van der Waals surface area (Å²) in [4.78, 5) is 23.4. The minimum atomic E-state index is -1.05. The minimum Gasteiger partial charge on any atom is -0.480 e. The third-order valence-electron chi connectivity index (χ3n) is 3.65. The van der Waals surface area contributed by atoms with Crippen molar-refractivity contribution in [3.8, 4) is 6.07 Å². The Morgan fingerprint density at radius 2 is 1.83 bits per heavy atom. The van der Waals surface area contributed by atoms with Crippen molar-refractivity contribution in [3.05, 3.63) is 35.4 Å². The number of carboxylic acid groups (broad SMARTS) is 1. The standard InChI is InChI=1S/C18H24N2O3/c1-18(2,3)14-10-8-13(9-11-14)16(21)20-15(17(22)23)7-5-4-6-12-19/h8-11,15H,4-7H2,1-3H3,(H,20,21)(H,22,23)/t15-/m1/s1. The summed E-state index contributed by atoms with van der Waals surface area (Å²) in [5.74, 6) is -1.44. The maximum Gasteiger partial charge on any atom is 0.326 e. The lowest BCUT2D eigenvalue weighted by molar-refractivity contribution is -0.139. The van der Waals surface area contributed by atoms with E-state index in [2.05, 4.69) is 26.1 Å². The first kappa shape index (κ1) is 18.7. The number of hydrogen-bond donors (Lipinski definition) is 2. The number of carboxylic acids is 1. The molecule has 124 valence electrons.